The van der Waals surface area contributed by atoms with Crippen LogP contribution in [0.2, 0.25) is 0 Å². The molecule has 6 heteroatoms. The number of carbonyl (C=O) groups is 2. The van der Waals surface area contributed by atoms with Crippen LogP contribution in [0.3, 0.4) is 0 Å². The number of thiophene rings is 1. The average Bonchev–Trinajstić information content (AvgIpc) is 2.79. The molecule has 1 heterocycles. The number of benzene rings is 1. The van der Waals surface area contributed by atoms with Crippen LogP contribution in [-0.4, -0.2) is 28.4 Å². The van der Waals surface area contributed by atoms with Gasteiger partial charge in [0.2, 0.25) is 0 Å². The number of carbonyl (C=O) groups excluding carboxylic acids is 1. The molecule has 0 bridgehead atoms. The summed E-state index contributed by atoms with van der Waals surface area (Å²) in [5.41, 5.74) is 1.69. The van der Waals surface area contributed by atoms with Gasteiger partial charge in [-0.2, -0.15) is 0 Å². The number of nitrogens with zero attached hydrogens (tertiary/aromatic N) is 1. The Morgan fingerprint density at radius 2 is 1.86 bits per heavy atom. The van der Waals surface area contributed by atoms with Crippen molar-refractivity contribution in [2.45, 2.75) is 20.4 Å². The number of carboxylic acids is 1. The monoisotopic (exact) mass is 321 g/mol. The van der Waals surface area contributed by atoms with E-state index in [0.717, 1.165) is 10.4 Å². The largest absolute Gasteiger partial charge is 0.480 e. The van der Waals surface area contributed by atoms with Gasteiger partial charge in [0.15, 0.2) is 0 Å². The maximum Gasteiger partial charge on any atom is 0.323 e. The summed E-state index contributed by atoms with van der Waals surface area (Å²) in [6, 6.07) is 7.43. The number of carboxylic acid groups (broad SMARTS) is 1. The third-order valence-electron chi connectivity index (χ3n) is 3.28. The minimum Gasteiger partial charge on any atom is -0.480 e. The van der Waals surface area contributed by atoms with E-state index in [1.807, 2.05) is 13.8 Å². The van der Waals surface area contributed by atoms with Gasteiger partial charge in [-0.25, -0.2) is 4.39 Å². The highest BCUT2D eigenvalue weighted by molar-refractivity contribution is 7.14. The van der Waals surface area contributed by atoms with E-state index in [-0.39, 0.29) is 18.3 Å². The lowest BCUT2D eigenvalue weighted by Gasteiger charge is -2.20. The van der Waals surface area contributed by atoms with Gasteiger partial charge in [0.05, 0.1) is 4.88 Å². The molecule has 2 aromatic rings. The topological polar surface area (TPSA) is 57.6 Å². The lowest BCUT2D eigenvalue weighted by atomic mass is 10.2. The molecule has 116 valence electrons. The van der Waals surface area contributed by atoms with E-state index in [2.05, 4.69) is 0 Å². The van der Waals surface area contributed by atoms with Crippen LogP contribution in [0.1, 0.15) is 25.7 Å². The second-order valence-electron chi connectivity index (χ2n) is 5.03. The Morgan fingerprint density at radius 1 is 1.23 bits per heavy atom. The lowest BCUT2D eigenvalue weighted by Crippen LogP contribution is -2.34. The Morgan fingerprint density at radius 3 is 2.36 bits per heavy atom. The lowest BCUT2D eigenvalue weighted by molar-refractivity contribution is -0.137. The van der Waals surface area contributed by atoms with Gasteiger partial charge in [0.1, 0.15) is 12.4 Å². The Hall–Kier alpha value is -2.21. The van der Waals surface area contributed by atoms with E-state index >= 15 is 0 Å². The van der Waals surface area contributed by atoms with E-state index in [0.29, 0.717) is 10.4 Å². The minimum atomic E-state index is -1.08. The van der Waals surface area contributed by atoms with Gasteiger partial charge in [-0.05, 0) is 43.2 Å². The first kappa shape index (κ1) is 16.2. The van der Waals surface area contributed by atoms with Crippen molar-refractivity contribution in [2.24, 2.45) is 0 Å². The number of amides is 1. The van der Waals surface area contributed by atoms with Crippen molar-refractivity contribution in [3.63, 3.8) is 0 Å². The summed E-state index contributed by atoms with van der Waals surface area (Å²) >= 11 is 1.35. The minimum absolute atomic E-state index is 0.126. The standard InChI is InChI=1S/C16H16FNO3S/c1-10-7-14(22-11(10)2)16(21)18(9-15(19)20)8-12-3-5-13(17)6-4-12/h3-7H,8-9H2,1-2H3,(H,19,20). The normalized spacial score (nSPS) is 10.5. The Labute approximate surface area is 131 Å². The zero-order chi connectivity index (χ0) is 16.3. The third-order valence-corrected chi connectivity index (χ3v) is 4.42. The van der Waals surface area contributed by atoms with Crippen LogP contribution in [0.25, 0.3) is 0 Å². The van der Waals surface area contributed by atoms with Crippen molar-refractivity contribution in [2.75, 3.05) is 6.54 Å². The molecular formula is C16H16FNO3S. The van der Waals surface area contributed by atoms with Crippen LogP contribution in [0.4, 0.5) is 4.39 Å². The molecule has 4 nitrogen and oxygen atoms in total. The molecular weight excluding hydrogens is 305 g/mol. The summed E-state index contributed by atoms with van der Waals surface area (Å²) in [5, 5.41) is 9.01. The van der Waals surface area contributed by atoms with Crippen molar-refractivity contribution in [3.05, 3.63) is 57.0 Å². The summed E-state index contributed by atoms with van der Waals surface area (Å²) in [7, 11) is 0. The van der Waals surface area contributed by atoms with E-state index in [1.54, 1.807) is 18.2 Å². The quantitative estimate of drug-likeness (QED) is 0.920. The molecule has 0 atom stereocenters. The third kappa shape index (κ3) is 3.92. The smallest absolute Gasteiger partial charge is 0.323 e. The molecule has 1 N–H and O–H groups in total. The van der Waals surface area contributed by atoms with E-state index in [4.69, 9.17) is 5.11 Å². The highest BCUT2D eigenvalue weighted by atomic mass is 32.1. The fourth-order valence-electron chi connectivity index (χ4n) is 2.01. The van der Waals surface area contributed by atoms with Crippen LogP contribution >= 0.6 is 11.3 Å². The van der Waals surface area contributed by atoms with Gasteiger partial charge in [-0.3, -0.25) is 9.59 Å². The molecule has 0 aliphatic rings. The predicted molar refractivity (Wildman–Crippen MR) is 82.6 cm³/mol. The second kappa shape index (κ2) is 6.70. The van der Waals surface area contributed by atoms with Gasteiger partial charge in [-0.15, -0.1) is 11.3 Å². The zero-order valence-corrected chi connectivity index (χ0v) is 13.1. The molecule has 0 radical (unpaired) electrons. The van der Waals surface area contributed by atoms with Crippen molar-refractivity contribution in [1.82, 2.24) is 4.90 Å². The van der Waals surface area contributed by atoms with Crippen LogP contribution in [0.15, 0.2) is 30.3 Å². The molecule has 2 rings (SSSR count). The first-order valence-corrected chi connectivity index (χ1v) is 7.51. The fraction of sp³-hybridized carbons (Fsp3) is 0.250. The molecule has 1 aromatic carbocycles. The van der Waals surface area contributed by atoms with Gasteiger partial charge in [0, 0.05) is 11.4 Å². The van der Waals surface area contributed by atoms with Crippen molar-refractivity contribution in [3.8, 4) is 0 Å². The van der Waals surface area contributed by atoms with E-state index in [1.165, 1.54) is 28.4 Å². The molecule has 0 aliphatic heterocycles. The van der Waals surface area contributed by atoms with Gasteiger partial charge < -0.3 is 10.0 Å². The Kier molecular flexibility index (Phi) is 4.92. The molecule has 22 heavy (non-hydrogen) atoms. The highest BCUT2D eigenvalue weighted by Gasteiger charge is 2.21. The van der Waals surface area contributed by atoms with Crippen LogP contribution in [0.5, 0.6) is 0 Å². The van der Waals surface area contributed by atoms with Gasteiger partial charge >= 0.3 is 5.97 Å². The number of halogens is 1. The highest BCUT2D eigenvalue weighted by Crippen LogP contribution is 2.22. The number of hydrogen-bond donors (Lipinski definition) is 1. The Bertz CT molecular complexity index is 674. The summed E-state index contributed by atoms with van der Waals surface area (Å²) in [6.45, 7) is 3.55. The number of aryl methyl sites for hydroxylation is 2. The van der Waals surface area contributed by atoms with Crippen molar-refractivity contribution in [1.29, 1.82) is 0 Å². The average molecular weight is 321 g/mol. The molecule has 0 fully saturated rings. The zero-order valence-electron chi connectivity index (χ0n) is 12.3. The maximum atomic E-state index is 12.9. The fourth-order valence-corrected chi connectivity index (χ4v) is 3.01. The molecule has 0 unspecified atom stereocenters. The van der Waals surface area contributed by atoms with E-state index in [9.17, 15) is 14.0 Å². The van der Waals surface area contributed by atoms with Crippen LogP contribution < -0.4 is 0 Å². The molecule has 0 aliphatic carbocycles. The summed E-state index contributed by atoms with van der Waals surface area (Å²) < 4.78 is 12.9. The van der Waals surface area contributed by atoms with Crippen molar-refractivity contribution >= 4 is 23.2 Å². The second-order valence-corrected chi connectivity index (χ2v) is 6.29. The number of hydrogen-bond acceptors (Lipinski definition) is 3. The summed E-state index contributed by atoms with van der Waals surface area (Å²) in [5.74, 6) is -1.78. The van der Waals surface area contributed by atoms with Gasteiger partial charge in [-0.1, -0.05) is 12.1 Å². The molecule has 0 spiro atoms. The maximum absolute atomic E-state index is 12.9. The van der Waals surface area contributed by atoms with Crippen LogP contribution in [-0.2, 0) is 11.3 Å². The summed E-state index contributed by atoms with van der Waals surface area (Å²) in [6.07, 6.45) is 0. The Balaban J connectivity index is 2.23. The summed E-state index contributed by atoms with van der Waals surface area (Å²) in [4.78, 5) is 26.3. The van der Waals surface area contributed by atoms with Gasteiger partial charge in [0.25, 0.3) is 5.91 Å². The van der Waals surface area contributed by atoms with Crippen molar-refractivity contribution < 1.29 is 19.1 Å². The van der Waals surface area contributed by atoms with Crippen LogP contribution in [0, 0.1) is 19.7 Å². The predicted octanol–water partition coefficient (Wildman–Crippen LogP) is 3.23. The first-order valence-electron chi connectivity index (χ1n) is 6.69. The number of aliphatic carboxylic acids is 1. The SMILES string of the molecule is Cc1cc(C(=O)N(CC(=O)O)Cc2ccc(F)cc2)sc1C. The first-order chi connectivity index (χ1) is 10.4. The van der Waals surface area contributed by atoms with E-state index < -0.39 is 12.5 Å². The molecule has 1 aromatic heterocycles. The molecule has 0 saturated heterocycles. The molecule has 0 saturated carbocycles. The number of rotatable bonds is 5. The molecule has 1 amide bonds.